The summed E-state index contributed by atoms with van der Waals surface area (Å²) in [4.78, 5) is 0. The first-order valence-corrected chi connectivity index (χ1v) is 6.18. The average molecular weight is 271 g/mol. The van der Waals surface area contributed by atoms with E-state index in [9.17, 15) is 0 Å². The Labute approximate surface area is 100 Å². The minimum atomic E-state index is 0.257. The maximum atomic E-state index is 5.77. The van der Waals surface area contributed by atoms with Crippen molar-refractivity contribution in [3.05, 3.63) is 34.3 Å². The van der Waals surface area contributed by atoms with Crippen molar-refractivity contribution in [2.24, 2.45) is 5.73 Å². The van der Waals surface area contributed by atoms with E-state index < -0.39 is 0 Å². The van der Waals surface area contributed by atoms with Gasteiger partial charge in [0.05, 0.1) is 0 Å². The van der Waals surface area contributed by atoms with Gasteiger partial charge in [0.2, 0.25) is 0 Å². The first-order valence-electron chi connectivity index (χ1n) is 5.39. The van der Waals surface area contributed by atoms with Crippen LogP contribution in [0.3, 0.4) is 0 Å². The molecule has 2 nitrogen and oxygen atoms in total. The van der Waals surface area contributed by atoms with Crippen molar-refractivity contribution in [1.29, 1.82) is 0 Å². The Morgan fingerprint density at radius 1 is 1.33 bits per heavy atom. The van der Waals surface area contributed by atoms with Gasteiger partial charge in [-0.05, 0) is 31.0 Å². The van der Waals surface area contributed by atoms with Crippen molar-refractivity contribution in [1.82, 2.24) is 5.32 Å². The highest BCUT2D eigenvalue weighted by Gasteiger charge is 2.11. The first-order chi connectivity index (χ1) is 7.17. The summed E-state index contributed by atoms with van der Waals surface area (Å²) >= 11 is 3.43. The van der Waals surface area contributed by atoms with Crippen molar-refractivity contribution in [2.75, 3.05) is 6.54 Å². The van der Waals surface area contributed by atoms with E-state index in [0.29, 0.717) is 12.6 Å². The maximum Gasteiger partial charge on any atom is 0.0446 e. The summed E-state index contributed by atoms with van der Waals surface area (Å²) in [5, 5.41) is 3.51. The Balaban J connectivity index is 2.69. The van der Waals surface area contributed by atoms with E-state index in [2.05, 4.69) is 59.4 Å². The Kier molecular flexibility index (Phi) is 5.29. The third-order valence-corrected chi connectivity index (χ3v) is 3.13. The summed E-state index contributed by atoms with van der Waals surface area (Å²) in [5.41, 5.74) is 7.02. The molecule has 0 radical (unpaired) electrons. The van der Waals surface area contributed by atoms with Gasteiger partial charge in [-0.1, -0.05) is 35.0 Å². The average Bonchev–Trinajstić information content (AvgIpc) is 2.27. The number of benzene rings is 1. The Hall–Kier alpha value is -0.380. The highest BCUT2D eigenvalue weighted by molar-refractivity contribution is 9.10. The van der Waals surface area contributed by atoms with Crippen LogP contribution in [-0.4, -0.2) is 12.6 Å². The molecule has 0 bridgehead atoms. The van der Waals surface area contributed by atoms with Gasteiger partial charge in [-0.2, -0.15) is 0 Å². The van der Waals surface area contributed by atoms with Gasteiger partial charge in [-0.25, -0.2) is 0 Å². The zero-order chi connectivity index (χ0) is 11.3. The molecule has 0 aliphatic heterocycles. The lowest BCUT2D eigenvalue weighted by Crippen LogP contribution is -2.34. The molecule has 0 saturated heterocycles. The fraction of sp³-hybridized carbons (Fsp3) is 0.500. The fourth-order valence-electron chi connectivity index (χ4n) is 1.46. The number of nitrogens with two attached hydrogens (primary N) is 1. The summed E-state index contributed by atoms with van der Waals surface area (Å²) in [6.45, 7) is 4.99. The highest BCUT2D eigenvalue weighted by Crippen LogP contribution is 2.16. The number of nitrogens with one attached hydrogen (secondary N) is 1. The van der Waals surface area contributed by atoms with Crippen LogP contribution >= 0.6 is 15.9 Å². The van der Waals surface area contributed by atoms with Crippen molar-refractivity contribution in [3.8, 4) is 0 Å². The van der Waals surface area contributed by atoms with E-state index in [1.807, 2.05) is 0 Å². The Morgan fingerprint density at radius 2 is 1.93 bits per heavy atom. The second kappa shape index (κ2) is 6.26. The SMILES string of the molecule is CCC(C)NC(CN)c1ccc(Br)cc1. The normalized spacial score (nSPS) is 14.9. The van der Waals surface area contributed by atoms with Crippen LogP contribution in [-0.2, 0) is 0 Å². The molecular formula is C12H19BrN2. The van der Waals surface area contributed by atoms with Crippen LogP contribution in [0.4, 0.5) is 0 Å². The lowest BCUT2D eigenvalue weighted by molar-refractivity contribution is 0.452. The Bertz CT molecular complexity index is 284. The molecule has 0 aliphatic rings. The molecule has 0 aromatic heterocycles. The van der Waals surface area contributed by atoms with Gasteiger partial charge in [0.15, 0.2) is 0 Å². The molecule has 2 atom stereocenters. The largest absolute Gasteiger partial charge is 0.329 e. The molecule has 3 N–H and O–H groups in total. The molecule has 3 heteroatoms. The molecule has 0 spiro atoms. The van der Waals surface area contributed by atoms with Crippen LogP contribution in [0.15, 0.2) is 28.7 Å². The second-order valence-electron chi connectivity index (χ2n) is 3.82. The van der Waals surface area contributed by atoms with Crippen molar-refractivity contribution < 1.29 is 0 Å². The molecule has 0 fully saturated rings. The van der Waals surface area contributed by atoms with Gasteiger partial charge < -0.3 is 11.1 Å². The molecule has 1 aromatic rings. The number of hydrogen-bond donors (Lipinski definition) is 2. The molecule has 2 unspecified atom stereocenters. The predicted molar refractivity (Wildman–Crippen MR) is 68.8 cm³/mol. The molecular weight excluding hydrogens is 252 g/mol. The van der Waals surface area contributed by atoms with Crippen molar-refractivity contribution in [3.63, 3.8) is 0 Å². The molecule has 84 valence electrons. The van der Waals surface area contributed by atoms with Gasteiger partial charge in [0.1, 0.15) is 0 Å². The summed E-state index contributed by atoms with van der Waals surface area (Å²) in [7, 11) is 0. The zero-order valence-corrected chi connectivity index (χ0v) is 10.9. The summed E-state index contributed by atoms with van der Waals surface area (Å²) in [6, 6.07) is 9.08. The maximum absolute atomic E-state index is 5.77. The lowest BCUT2D eigenvalue weighted by atomic mass is 10.1. The van der Waals surface area contributed by atoms with Crippen LogP contribution in [0.2, 0.25) is 0 Å². The molecule has 0 heterocycles. The van der Waals surface area contributed by atoms with Crippen LogP contribution in [0.1, 0.15) is 31.9 Å². The van der Waals surface area contributed by atoms with Gasteiger partial charge in [0, 0.05) is 23.1 Å². The van der Waals surface area contributed by atoms with Gasteiger partial charge in [-0.3, -0.25) is 0 Å². The lowest BCUT2D eigenvalue weighted by Gasteiger charge is -2.21. The van der Waals surface area contributed by atoms with E-state index >= 15 is 0 Å². The van der Waals surface area contributed by atoms with E-state index in [1.54, 1.807) is 0 Å². The number of halogens is 1. The summed E-state index contributed by atoms with van der Waals surface area (Å²) in [6.07, 6.45) is 1.12. The molecule has 1 aromatic carbocycles. The molecule has 0 aliphatic carbocycles. The molecule has 15 heavy (non-hydrogen) atoms. The molecule has 0 saturated carbocycles. The Morgan fingerprint density at radius 3 is 2.40 bits per heavy atom. The minimum absolute atomic E-state index is 0.257. The van der Waals surface area contributed by atoms with Gasteiger partial charge in [0.25, 0.3) is 0 Å². The minimum Gasteiger partial charge on any atom is -0.329 e. The fourth-order valence-corrected chi connectivity index (χ4v) is 1.72. The van der Waals surface area contributed by atoms with Gasteiger partial charge >= 0.3 is 0 Å². The standard InChI is InChI=1S/C12H19BrN2/c1-3-9(2)15-12(8-14)10-4-6-11(13)7-5-10/h4-7,9,12,15H,3,8,14H2,1-2H3. The molecule has 1 rings (SSSR count). The predicted octanol–water partition coefficient (Wildman–Crippen LogP) is 2.84. The van der Waals surface area contributed by atoms with Crippen molar-refractivity contribution in [2.45, 2.75) is 32.4 Å². The van der Waals surface area contributed by atoms with Crippen molar-refractivity contribution >= 4 is 15.9 Å². The number of hydrogen-bond acceptors (Lipinski definition) is 2. The zero-order valence-electron chi connectivity index (χ0n) is 9.33. The van der Waals surface area contributed by atoms with Crippen LogP contribution in [0.5, 0.6) is 0 Å². The third-order valence-electron chi connectivity index (χ3n) is 2.61. The second-order valence-corrected chi connectivity index (χ2v) is 4.73. The monoisotopic (exact) mass is 270 g/mol. The topological polar surface area (TPSA) is 38.0 Å². The highest BCUT2D eigenvalue weighted by atomic mass is 79.9. The smallest absolute Gasteiger partial charge is 0.0446 e. The van der Waals surface area contributed by atoms with E-state index in [4.69, 9.17) is 5.73 Å². The van der Waals surface area contributed by atoms with E-state index in [1.165, 1.54) is 5.56 Å². The number of rotatable bonds is 5. The van der Waals surface area contributed by atoms with Crippen LogP contribution < -0.4 is 11.1 Å². The first kappa shape index (κ1) is 12.7. The quantitative estimate of drug-likeness (QED) is 0.864. The molecule has 0 amide bonds. The summed E-state index contributed by atoms with van der Waals surface area (Å²) < 4.78 is 1.10. The van der Waals surface area contributed by atoms with E-state index in [-0.39, 0.29) is 6.04 Å². The van der Waals surface area contributed by atoms with Crippen LogP contribution in [0, 0.1) is 0 Å². The van der Waals surface area contributed by atoms with Crippen LogP contribution in [0.25, 0.3) is 0 Å². The summed E-state index contributed by atoms with van der Waals surface area (Å²) in [5.74, 6) is 0. The third kappa shape index (κ3) is 3.93. The van der Waals surface area contributed by atoms with E-state index in [0.717, 1.165) is 10.9 Å². The van der Waals surface area contributed by atoms with Gasteiger partial charge in [-0.15, -0.1) is 0 Å².